The van der Waals surface area contributed by atoms with E-state index in [2.05, 4.69) is 24.1 Å². The molecule has 0 bridgehead atoms. The molecule has 1 aliphatic heterocycles. The van der Waals surface area contributed by atoms with Crippen LogP contribution in [0, 0.1) is 0 Å². The van der Waals surface area contributed by atoms with Gasteiger partial charge in [0.2, 0.25) is 0 Å². The van der Waals surface area contributed by atoms with Crippen molar-refractivity contribution in [2.75, 3.05) is 19.4 Å². The SMILES string of the molecule is CNC1CCCCC1SCC1CCCO1. The van der Waals surface area contributed by atoms with Crippen molar-refractivity contribution in [2.45, 2.75) is 55.9 Å². The lowest BCUT2D eigenvalue weighted by Gasteiger charge is -2.31. The number of nitrogens with one attached hydrogen (secondary N) is 1. The summed E-state index contributed by atoms with van der Waals surface area (Å²) in [4.78, 5) is 0. The van der Waals surface area contributed by atoms with E-state index in [4.69, 9.17) is 4.74 Å². The first kappa shape index (κ1) is 11.7. The number of ether oxygens (including phenoxy) is 1. The van der Waals surface area contributed by atoms with Crippen LogP contribution in [0.3, 0.4) is 0 Å². The minimum atomic E-state index is 0.550. The molecule has 2 nitrogen and oxygen atoms in total. The van der Waals surface area contributed by atoms with Gasteiger partial charge in [-0.1, -0.05) is 12.8 Å². The second kappa shape index (κ2) is 6.12. The van der Waals surface area contributed by atoms with Gasteiger partial charge in [-0.25, -0.2) is 0 Å². The lowest BCUT2D eigenvalue weighted by atomic mass is 9.95. The van der Waals surface area contributed by atoms with Crippen molar-refractivity contribution in [2.24, 2.45) is 0 Å². The minimum Gasteiger partial charge on any atom is -0.377 e. The van der Waals surface area contributed by atoms with Crippen molar-refractivity contribution in [3.8, 4) is 0 Å². The number of thioether (sulfide) groups is 1. The topological polar surface area (TPSA) is 21.3 Å². The van der Waals surface area contributed by atoms with Gasteiger partial charge in [0.05, 0.1) is 6.10 Å². The second-order valence-electron chi connectivity index (χ2n) is 4.69. The highest BCUT2D eigenvalue weighted by Crippen LogP contribution is 2.30. The van der Waals surface area contributed by atoms with E-state index in [0.29, 0.717) is 6.10 Å². The third-order valence-corrected chi connectivity index (χ3v) is 5.15. The molecule has 88 valence electrons. The molecule has 0 radical (unpaired) electrons. The first-order valence-electron chi connectivity index (χ1n) is 6.30. The van der Waals surface area contributed by atoms with E-state index in [1.54, 1.807) is 0 Å². The maximum atomic E-state index is 5.67. The lowest BCUT2D eigenvalue weighted by molar-refractivity contribution is 0.128. The van der Waals surface area contributed by atoms with Crippen molar-refractivity contribution in [3.05, 3.63) is 0 Å². The molecule has 3 unspecified atom stereocenters. The fraction of sp³-hybridized carbons (Fsp3) is 1.00. The van der Waals surface area contributed by atoms with E-state index in [1.165, 1.54) is 44.3 Å². The van der Waals surface area contributed by atoms with Gasteiger partial charge in [-0.15, -0.1) is 0 Å². The van der Waals surface area contributed by atoms with Gasteiger partial charge in [0.25, 0.3) is 0 Å². The van der Waals surface area contributed by atoms with Crippen LogP contribution in [-0.4, -0.2) is 36.8 Å². The van der Waals surface area contributed by atoms with Gasteiger partial charge >= 0.3 is 0 Å². The zero-order valence-corrected chi connectivity index (χ0v) is 10.5. The van der Waals surface area contributed by atoms with Crippen LogP contribution < -0.4 is 5.32 Å². The Morgan fingerprint density at radius 2 is 2.07 bits per heavy atom. The van der Waals surface area contributed by atoms with E-state index in [-0.39, 0.29) is 0 Å². The average Bonchev–Trinajstić information content (AvgIpc) is 2.79. The Hall–Kier alpha value is 0.270. The van der Waals surface area contributed by atoms with Crippen LogP contribution in [0.15, 0.2) is 0 Å². The van der Waals surface area contributed by atoms with Crippen LogP contribution >= 0.6 is 11.8 Å². The van der Waals surface area contributed by atoms with E-state index in [9.17, 15) is 0 Å². The van der Waals surface area contributed by atoms with Crippen molar-refractivity contribution < 1.29 is 4.74 Å². The molecule has 0 aromatic carbocycles. The lowest BCUT2D eigenvalue weighted by Crippen LogP contribution is -2.38. The molecule has 2 aliphatic rings. The smallest absolute Gasteiger partial charge is 0.0666 e. The van der Waals surface area contributed by atoms with Gasteiger partial charge in [-0.3, -0.25) is 0 Å². The summed E-state index contributed by atoms with van der Waals surface area (Å²) in [5, 5.41) is 4.29. The molecule has 0 amide bonds. The van der Waals surface area contributed by atoms with Crippen LogP contribution in [0.4, 0.5) is 0 Å². The summed E-state index contributed by atoms with van der Waals surface area (Å²) < 4.78 is 5.67. The predicted molar refractivity (Wildman–Crippen MR) is 66.5 cm³/mol. The van der Waals surface area contributed by atoms with Crippen molar-refractivity contribution in [1.82, 2.24) is 5.32 Å². The molecular weight excluding hydrogens is 206 g/mol. The molecule has 0 aromatic heterocycles. The molecule has 1 saturated heterocycles. The average molecular weight is 229 g/mol. The van der Waals surface area contributed by atoms with Gasteiger partial charge in [0.1, 0.15) is 0 Å². The predicted octanol–water partition coefficient (Wildman–Crippen LogP) is 2.43. The molecule has 0 spiro atoms. The van der Waals surface area contributed by atoms with Crippen LogP contribution in [0.5, 0.6) is 0 Å². The minimum absolute atomic E-state index is 0.550. The third kappa shape index (κ3) is 3.36. The molecule has 2 fully saturated rings. The van der Waals surface area contributed by atoms with Crippen LogP contribution in [0.25, 0.3) is 0 Å². The van der Waals surface area contributed by atoms with Crippen LogP contribution in [0.1, 0.15) is 38.5 Å². The van der Waals surface area contributed by atoms with Crippen molar-refractivity contribution in [3.63, 3.8) is 0 Å². The highest BCUT2D eigenvalue weighted by Gasteiger charge is 2.25. The van der Waals surface area contributed by atoms with Gasteiger partial charge in [0, 0.05) is 23.7 Å². The molecule has 1 heterocycles. The molecule has 1 saturated carbocycles. The van der Waals surface area contributed by atoms with Gasteiger partial charge in [0.15, 0.2) is 0 Å². The monoisotopic (exact) mass is 229 g/mol. The Morgan fingerprint density at radius 1 is 1.20 bits per heavy atom. The Balaban J connectivity index is 1.71. The Labute approximate surface area is 97.5 Å². The van der Waals surface area contributed by atoms with E-state index < -0.39 is 0 Å². The zero-order chi connectivity index (χ0) is 10.5. The normalized spacial score (nSPS) is 37.0. The van der Waals surface area contributed by atoms with Crippen molar-refractivity contribution >= 4 is 11.8 Å². The molecule has 15 heavy (non-hydrogen) atoms. The second-order valence-corrected chi connectivity index (χ2v) is 5.96. The molecule has 1 aliphatic carbocycles. The first-order chi connectivity index (χ1) is 7.40. The van der Waals surface area contributed by atoms with Gasteiger partial charge in [-0.05, 0) is 32.7 Å². The molecular formula is C12H23NOS. The van der Waals surface area contributed by atoms with Gasteiger partial charge in [-0.2, -0.15) is 11.8 Å². The number of hydrogen-bond donors (Lipinski definition) is 1. The Morgan fingerprint density at radius 3 is 2.80 bits per heavy atom. The van der Waals surface area contributed by atoms with E-state index in [0.717, 1.165) is 17.9 Å². The van der Waals surface area contributed by atoms with Crippen LogP contribution in [-0.2, 0) is 4.74 Å². The Bertz CT molecular complexity index is 182. The summed E-state index contributed by atoms with van der Waals surface area (Å²) in [6.07, 6.45) is 8.68. The maximum Gasteiger partial charge on any atom is 0.0666 e. The molecule has 3 heteroatoms. The maximum absolute atomic E-state index is 5.67. The first-order valence-corrected chi connectivity index (χ1v) is 7.35. The molecule has 1 N–H and O–H groups in total. The molecule has 2 rings (SSSR count). The number of hydrogen-bond acceptors (Lipinski definition) is 3. The van der Waals surface area contributed by atoms with Crippen LogP contribution in [0.2, 0.25) is 0 Å². The van der Waals surface area contributed by atoms with E-state index in [1.807, 2.05) is 0 Å². The van der Waals surface area contributed by atoms with Crippen molar-refractivity contribution in [1.29, 1.82) is 0 Å². The summed E-state index contributed by atoms with van der Waals surface area (Å²) in [6.45, 7) is 0.991. The highest BCUT2D eigenvalue weighted by atomic mass is 32.2. The summed E-state index contributed by atoms with van der Waals surface area (Å²) in [7, 11) is 2.11. The standard InChI is InChI=1S/C12H23NOS/c1-13-11-6-2-3-7-12(11)15-9-10-5-4-8-14-10/h10-13H,2-9H2,1H3. The zero-order valence-electron chi connectivity index (χ0n) is 9.71. The quantitative estimate of drug-likeness (QED) is 0.800. The van der Waals surface area contributed by atoms with E-state index >= 15 is 0 Å². The largest absolute Gasteiger partial charge is 0.377 e. The summed E-state index contributed by atoms with van der Waals surface area (Å²) in [5.74, 6) is 1.21. The summed E-state index contributed by atoms with van der Waals surface area (Å²) in [5.41, 5.74) is 0. The fourth-order valence-corrected chi connectivity index (χ4v) is 4.20. The summed E-state index contributed by atoms with van der Waals surface area (Å²) >= 11 is 2.14. The third-order valence-electron chi connectivity index (χ3n) is 3.59. The number of rotatable bonds is 4. The fourth-order valence-electron chi connectivity index (χ4n) is 2.63. The Kier molecular flexibility index (Phi) is 4.79. The molecule has 0 aromatic rings. The summed E-state index contributed by atoms with van der Waals surface area (Å²) in [6, 6.07) is 0.741. The highest BCUT2D eigenvalue weighted by molar-refractivity contribution is 8.00. The molecule has 3 atom stereocenters. The van der Waals surface area contributed by atoms with Gasteiger partial charge < -0.3 is 10.1 Å².